The van der Waals surface area contributed by atoms with Crippen LogP contribution in [0.3, 0.4) is 0 Å². The third-order valence-corrected chi connectivity index (χ3v) is 6.48. The molecule has 0 amide bonds. The van der Waals surface area contributed by atoms with Crippen molar-refractivity contribution in [3.8, 4) is 5.75 Å². The molecular formula is C37H61NO2. The van der Waals surface area contributed by atoms with Gasteiger partial charge in [0.1, 0.15) is 11.5 Å². The van der Waals surface area contributed by atoms with E-state index in [0.29, 0.717) is 5.92 Å². The molecule has 0 spiro atoms. The second-order valence-electron chi connectivity index (χ2n) is 12.4. The number of benzene rings is 2. The second-order valence-corrected chi connectivity index (χ2v) is 12.4. The Balaban J connectivity index is 0. The zero-order valence-electron chi connectivity index (χ0n) is 28.4. The number of hydrogen-bond acceptors (Lipinski definition) is 3. The molecule has 0 saturated carbocycles. The molecule has 0 aliphatic carbocycles. The van der Waals surface area contributed by atoms with Crippen LogP contribution in [0.5, 0.6) is 5.75 Å². The zero-order valence-corrected chi connectivity index (χ0v) is 28.4. The standard InChI is InChI=1S/C13H20.C10H14O.C8H15N.C6H12O/c1-10(2)11-6-8-12(9-7-11)13(3,4)5;1-3-4-9-5-7-10(11-2)8-6-9;1-5-7-9(4)8(3)6-2;1-5(7)6(2,3)4/h6-10H,1-5H3;5-8H,3-4H2,1-2H3;5,7H,3,6H2,1-2,4H3;1-4H3/b;;7-5-;. The first-order valence-electron chi connectivity index (χ1n) is 14.7. The van der Waals surface area contributed by atoms with Crippen LogP contribution in [0.15, 0.2) is 73.1 Å². The quantitative estimate of drug-likeness (QED) is 0.343. The zero-order chi connectivity index (χ0) is 31.5. The van der Waals surface area contributed by atoms with Crippen molar-refractivity contribution in [2.75, 3.05) is 14.2 Å². The molecule has 0 fully saturated rings. The highest BCUT2D eigenvalue weighted by Crippen LogP contribution is 2.24. The highest BCUT2D eigenvalue weighted by atomic mass is 16.5. The lowest BCUT2D eigenvalue weighted by Crippen LogP contribution is -2.15. The van der Waals surface area contributed by atoms with Crippen molar-refractivity contribution in [3.63, 3.8) is 0 Å². The van der Waals surface area contributed by atoms with E-state index in [4.69, 9.17) is 4.74 Å². The van der Waals surface area contributed by atoms with Gasteiger partial charge in [-0.05, 0) is 73.0 Å². The molecule has 0 bridgehead atoms. The molecule has 226 valence electrons. The van der Waals surface area contributed by atoms with Crippen molar-refractivity contribution in [1.82, 2.24) is 4.90 Å². The molecule has 3 nitrogen and oxygen atoms in total. The van der Waals surface area contributed by atoms with Gasteiger partial charge in [-0.2, -0.15) is 0 Å². The monoisotopic (exact) mass is 551 g/mol. The average molecular weight is 552 g/mol. The maximum atomic E-state index is 10.5. The van der Waals surface area contributed by atoms with E-state index in [1.807, 2.05) is 64.1 Å². The van der Waals surface area contributed by atoms with Crippen molar-refractivity contribution in [1.29, 1.82) is 0 Å². The lowest BCUT2D eigenvalue weighted by atomic mass is 9.86. The van der Waals surface area contributed by atoms with Gasteiger partial charge in [-0.1, -0.05) is 125 Å². The van der Waals surface area contributed by atoms with E-state index in [1.165, 1.54) is 23.1 Å². The molecular weight excluding hydrogens is 490 g/mol. The molecule has 2 rings (SSSR count). The smallest absolute Gasteiger partial charge is 0.135 e. The van der Waals surface area contributed by atoms with Crippen molar-refractivity contribution in [2.45, 2.75) is 114 Å². The van der Waals surface area contributed by atoms with Gasteiger partial charge in [0, 0.05) is 18.2 Å². The summed E-state index contributed by atoms with van der Waals surface area (Å²) >= 11 is 0. The molecule has 40 heavy (non-hydrogen) atoms. The number of aryl methyl sites for hydroxylation is 1. The third kappa shape index (κ3) is 18.5. The van der Waals surface area contributed by atoms with Gasteiger partial charge in [0.15, 0.2) is 0 Å². The van der Waals surface area contributed by atoms with Gasteiger partial charge in [-0.25, -0.2) is 0 Å². The van der Waals surface area contributed by atoms with Crippen molar-refractivity contribution in [3.05, 3.63) is 89.8 Å². The fourth-order valence-electron chi connectivity index (χ4n) is 3.03. The highest BCUT2D eigenvalue weighted by molar-refractivity contribution is 5.80. The molecule has 0 atom stereocenters. The van der Waals surface area contributed by atoms with E-state index in [-0.39, 0.29) is 16.6 Å². The second kappa shape index (κ2) is 20.1. The lowest BCUT2D eigenvalue weighted by Gasteiger charge is -2.19. The Morgan fingerprint density at radius 3 is 1.73 bits per heavy atom. The summed E-state index contributed by atoms with van der Waals surface area (Å²) in [7, 11) is 3.70. The first kappa shape index (κ1) is 39.3. The Hall–Kier alpha value is -2.81. The first-order chi connectivity index (χ1) is 18.4. The highest BCUT2D eigenvalue weighted by Gasteiger charge is 2.15. The van der Waals surface area contributed by atoms with E-state index in [0.717, 1.165) is 24.3 Å². The molecule has 0 saturated heterocycles. The van der Waals surface area contributed by atoms with Crippen molar-refractivity contribution in [2.24, 2.45) is 5.41 Å². The minimum absolute atomic E-state index is 0.139. The van der Waals surface area contributed by atoms with Crippen LogP contribution in [0.25, 0.3) is 0 Å². The summed E-state index contributed by atoms with van der Waals surface area (Å²) in [6, 6.07) is 17.2. The van der Waals surface area contributed by atoms with Gasteiger partial charge >= 0.3 is 0 Å². The normalized spacial score (nSPS) is 10.9. The molecule has 2 aromatic rings. The van der Waals surface area contributed by atoms with Crippen LogP contribution in [0.4, 0.5) is 0 Å². The van der Waals surface area contributed by atoms with Crippen LogP contribution >= 0.6 is 0 Å². The molecule has 0 unspecified atom stereocenters. The first-order valence-corrected chi connectivity index (χ1v) is 14.7. The summed E-state index contributed by atoms with van der Waals surface area (Å²) in [4.78, 5) is 12.5. The minimum atomic E-state index is -0.139. The number of Topliss-reactive ketones (excluding diaryl/α,β-unsaturated/α-hetero) is 1. The summed E-state index contributed by atoms with van der Waals surface area (Å²) in [5.74, 6) is 1.81. The molecule has 0 aliphatic rings. The Bertz CT molecular complexity index is 969. The Morgan fingerprint density at radius 1 is 0.950 bits per heavy atom. The summed E-state index contributed by atoms with van der Waals surface area (Å²) in [5.41, 5.74) is 5.50. The number of carbonyl (C=O) groups excluding carboxylic acids is 1. The molecule has 0 aromatic heterocycles. The molecule has 3 heteroatoms. The summed E-state index contributed by atoms with van der Waals surface area (Å²) < 4.78 is 5.05. The number of ether oxygens (including phenoxy) is 1. The largest absolute Gasteiger partial charge is 0.497 e. The Morgan fingerprint density at radius 2 is 1.43 bits per heavy atom. The van der Waals surface area contributed by atoms with Crippen LogP contribution in [0.2, 0.25) is 0 Å². The fourth-order valence-corrected chi connectivity index (χ4v) is 3.03. The van der Waals surface area contributed by atoms with E-state index in [9.17, 15) is 4.79 Å². The molecule has 0 heterocycles. The van der Waals surface area contributed by atoms with Crippen LogP contribution in [-0.4, -0.2) is 24.8 Å². The summed E-state index contributed by atoms with van der Waals surface area (Å²) in [5, 5.41) is 0. The molecule has 0 radical (unpaired) electrons. The molecule has 2 aromatic carbocycles. The number of hydrogen-bond donors (Lipinski definition) is 0. The summed E-state index contributed by atoms with van der Waals surface area (Å²) in [6.45, 7) is 28.7. The molecule has 0 N–H and O–H groups in total. The average Bonchev–Trinajstić information content (AvgIpc) is 2.89. The lowest BCUT2D eigenvalue weighted by molar-refractivity contribution is -0.124. The van der Waals surface area contributed by atoms with Gasteiger partial charge in [-0.15, -0.1) is 0 Å². The Kier molecular flexibility index (Phi) is 19.8. The summed E-state index contributed by atoms with van der Waals surface area (Å²) in [6.07, 6.45) is 7.38. The van der Waals surface area contributed by atoms with E-state index >= 15 is 0 Å². The number of methoxy groups -OCH3 is 1. The topological polar surface area (TPSA) is 29.5 Å². The predicted octanol–water partition coefficient (Wildman–Crippen LogP) is 10.8. The molecule has 0 aliphatic heterocycles. The van der Waals surface area contributed by atoms with E-state index in [1.54, 1.807) is 14.0 Å². The maximum absolute atomic E-state index is 10.5. The van der Waals surface area contributed by atoms with Gasteiger partial charge in [0.2, 0.25) is 0 Å². The van der Waals surface area contributed by atoms with Crippen LogP contribution in [0, 0.1) is 5.41 Å². The predicted molar refractivity (Wildman–Crippen MR) is 178 cm³/mol. The van der Waals surface area contributed by atoms with Crippen LogP contribution in [-0.2, 0) is 16.6 Å². The number of nitrogens with zero attached hydrogens (tertiary/aromatic N) is 1. The maximum Gasteiger partial charge on any atom is 0.135 e. The Labute approximate surface area is 248 Å². The minimum Gasteiger partial charge on any atom is -0.497 e. The fraction of sp³-hybridized carbons (Fsp3) is 0.541. The third-order valence-electron chi connectivity index (χ3n) is 6.48. The van der Waals surface area contributed by atoms with E-state index in [2.05, 4.69) is 91.4 Å². The van der Waals surface area contributed by atoms with Crippen LogP contribution in [0.1, 0.15) is 119 Å². The number of carbonyl (C=O) groups is 1. The van der Waals surface area contributed by atoms with E-state index < -0.39 is 0 Å². The van der Waals surface area contributed by atoms with Crippen molar-refractivity contribution < 1.29 is 9.53 Å². The SMILES string of the molecule is C=C(CC)N(C)/C=C\C.CC(=O)C(C)(C)C.CC(C)c1ccc(C(C)(C)C)cc1.CCCc1ccc(OC)cc1. The number of rotatable bonds is 7. The van der Waals surface area contributed by atoms with Crippen LogP contribution < -0.4 is 4.74 Å². The van der Waals surface area contributed by atoms with Gasteiger partial charge in [0.25, 0.3) is 0 Å². The number of allylic oxidation sites excluding steroid dienone is 2. The van der Waals surface area contributed by atoms with Gasteiger partial charge in [-0.3, -0.25) is 4.79 Å². The van der Waals surface area contributed by atoms with Gasteiger partial charge < -0.3 is 9.64 Å². The van der Waals surface area contributed by atoms with Crippen molar-refractivity contribution >= 4 is 5.78 Å². The van der Waals surface area contributed by atoms with Gasteiger partial charge in [0.05, 0.1) is 7.11 Å². The number of ketones is 1.